The first kappa shape index (κ1) is 14.0. The van der Waals surface area contributed by atoms with E-state index in [4.69, 9.17) is 0 Å². The number of nitrogens with one attached hydrogen (secondary N) is 2. The summed E-state index contributed by atoms with van der Waals surface area (Å²) in [5.41, 5.74) is 1.42. The van der Waals surface area contributed by atoms with Crippen LogP contribution in [0, 0.1) is 6.92 Å². The van der Waals surface area contributed by atoms with E-state index in [2.05, 4.69) is 29.0 Å². The van der Waals surface area contributed by atoms with Crippen molar-refractivity contribution in [2.75, 3.05) is 26.2 Å². The molecule has 0 amide bonds. The van der Waals surface area contributed by atoms with Crippen LogP contribution in [0.1, 0.15) is 48.5 Å². The molecule has 2 aliphatic rings. The molecule has 0 spiro atoms. The molecule has 0 aromatic carbocycles. The predicted molar refractivity (Wildman–Crippen MR) is 80.6 cm³/mol. The number of hydrogen-bond donors (Lipinski definition) is 2. The van der Waals surface area contributed by atoms with Gasteiger partial charge in [0.15, 0.2) is 0 Å². The Balaban J connectivity index is 0.000000169. The highest BCUT2D eigenvalue weighted by molar-refractivity contribution is 7.10. The van der Waals surface area contributed by atoms with Crippen molar-refractivity contribution in [2.45, 2.75) is 44.9 Å². The maximum atomic E-state index is 3.40. The summed E-state index contributed by atoms with van der Waals surface area (Å²) in [6.07, 6.45) is 6.85. The van der Waals surface area contributed by atoms with Crippen LogP contribution in [0.3, 0.4) is 0 Å². The normalized spacial score (nSPS) is 21.2. The maximum Gasteiger partial charge on any atom is 0.00798 e. The van der Waals surface area contributed by atoms with E-state index >= 15 is 0 Å². The third-order valence-electron chi connectivity index (χ3n) is 3.70. The fraction of sp³-hybridized carbons (Fsp3) is 0.733. The van der Waals surface area contributed by atoms with Gasteiger partial charge < -0.3 is 10.6 Å². The van der Waals surface area contributed by atoms with Gasteiger partial charge >= 0.3 is 0 Å². The first-order chi connectivity index (χ1) is 8.86. The second kappa shape index (κ2) is 7.93. The number of thiophene rings is 1. The summed E-state index contributed by atoms with van der Waals surface area (Å²) >= 11 is 1.93. The third kappa shape index (κ3) is 4.71. The minimum atomic E-state index is 0.838. The van der Waals surface area contributed by atoms with E-state index in [1.807, 2.05) is 11.3 Å². The molecule has 2 aliphatic heterocycles. The Kier molecular flexibility index (Phi) is 6.18. The zero-order chi connectivity index (χ0) is 12.6. The fourth-order valence-electron chi connectivity index (χ4n) is 2.58. The Morgan fingerprint density at radius 3 is 2.11 bits per heavy atom. The number of rotatable bonds is 1. The highest BCUT2D eigenvalue weighted by Gasteiger charge is 2.15. The standard InChI is InChI=1S/C10H15NS.C5H11N/c1-8-6-10(12-7-8)9-2-4-11-5-3-9;1-2-4-6-5-3-1/h6-7,9,11H,2-5H2,1H3;6H,1-5H2. The van der Waals surface area contributed by atoms with Crippen LogP contribution in [0.25, 0.3) is 0 Å². The molecule has 2 saturated heterocycles. The lowest BCUT2D eigenvalue weighted by molar-refractivity contribution is 0.465. The summed E-state index contributed by atoms with van der Waals surface area (Å²) in [6.45, 7) is 7.07. The van der Waals surface area contributed by atoms with Crippen molar-refractivity contribution in [3.05, 3.63) is 21.9 Å². The molecule has 1 aromatic heterocycles. The molecule has 0 radical (unpaired) electrons. The number of hydrogen-bond acceptors (Lipinski definition) is 3. The van der Waals surface area contributed by atoms with Crippen molar-refractivity contribution in [3.63, 3.8) is 0 Å². The molecule has 2 N–H and O–H groups in total. The topological polar surface area (TPSA) is 24.1 Å². The smallest absolute Gasteiger partial charge is 0.00798 e. The van der Waals surface area contributed by atoms with Crippen LogP contribution >= 0.6 is 11.3 Å². The average molecular weight is 266 g/mol. The molecule has 3 heteroatoms. The van der Waals surface area contributed by atoms with Gasteiger partial charge in [-0.2, -0.15) is 0 Å². The molecule has 0 bridgehead atoms. The molecule has 2 nitrogen and oxygen atoms in total. The SMILES string of the molecule is C1CCNCC1.Cc1csc(C2CCNCC2)c1. The third-order valence-corrected chi connectivity index (χ3v) is 4.91. The summed E-state index contributed by atoms with van der Waals surface area (Å²) in [4.78, 5) is 1.59. The van der Waals surface area contributed by atoms with E-state index in [1.165, 1.54) is 63.8 Å². The van der Waals surface area contributed by atoms with Crippen LogP contribution in [0.4, 0.5) is 0 Å². The molecule has 3 heterocycles. The Morgan fingerprint density at radius 1 is 1.00 bits per heavy atom. The molecular formula is C15H26N2S. The van der Waals surface area contributed by atoms with Gasteiger partial charge in [0.05, 0.1) is 0 Å². The number of piperidine rings is 2. The minimum absolute atomic E-state index is 0.838. The minimum Gasteiger partial charge on any atom is -0.317 e. The summed E-state index contributed by atoms with van der Waals surface area (Å²) in [5, 5.41) is 8.94. The summed E-state index contributed by atoms with van der Waals surface area (Å²) in [5.74, 6) is 0.838. The van der Waals surface area contributed by atoms with Gasteiger partial charge in [-0.25, -0.2) is 0 Å². The second-order valence-electron chi connectivity index (χ2n) is 5.36. The highest BCUT2D eigenvalue weighted by atomic mass is 32.1. The second-order valence-corrected chi connectivity index (χ2v) is 6.30. The zero-order valence-electron chi connectivity index (χ0n) is 11.5. The van der Waals surface area contributed by atoms with Gasteiger partial charge in [0.2, 0.25) is 0 Å². The molecule has 0 saturated carbocycles. The van der Waals surface area contributed by atoms with E-state index in [0.717, 1.165) is 5.92 Å². The quantitative estimate of drug-likeness (QED) is 0.815. The first-order valence-electron chi connectivity index (χ1n) is 7.33. The Morgan fingerprint density at radius 2 is 1.67 bits per heavy atom. The molecule has 18 heavy (non-hydrogen) atoms. The Hall–Kier alpha value is -0.380. The Labute approximate surface area is 115 Å². The summed E-state index contributed by atoms with van der Waals surface area (Å²) in [7, 11) is 0. The molecular weight excluding hydrogens is 240 g/mol. The van der Waals surface area contributed by atoms with Crippen molar-refractivity contribution < 1.29 is 0 Å². The van der Waals surface area contributed by atoms with Crippen molar-refractivity contribution in [1.29, 1.82) is 0 Å². The average Bonchev–Trinajstić information content (AvgIpc) is 2.89. The molecule has 0 aliphatic carbocycles. The zero-order valence-corrected chi connectivity index (χ0v) is 12.3. The summed E-state index contributed by atoms with van der Waals surface area (Å²) < 4.78 is 0. The van der Waals surface area contributed by atoms with Crippen LogP contribution in [0.2, 0.25) is 0 Å². The largest absolute Gasteiger partial charge is 0.317 e. The van der Waals surface area contributed by atoms with Crippen LogP contribution in [-0.2, 0) is 0 Å². The van der Waals surface area contributed by atoms with Gasteiger partial charge in [-0.05, 0) is 81.7 Å². The van der Waals surface area contributed by atoms with E-state index < -0.39 is 0 Å². The fourth-order valence-corrected chi connectivity index (χ4v) is 3.65. The van der Waals surface area contributed by atoms with E-state index in [-0.39, 0.29) is 0 Å². The van der Waals surface area contributed by atoms with Gasteiger partial charge in [0, 0.05) is 4.88 Å². The van der Waals surface area contributed by atoms with Crippen molar-refractivity contribution in [1.82, 2.24) is 10.6 Å². The Bertz CT molecular complexity index is 313. The lowest BCUT2D eigenvalue weighted by atomic mass is 9.96. The van der Waals surface area contributed by atoms with Crippen LogP contribution < -0.4 is 10.6 Å². The van der Waals surface area contributed by atoms with Crippen LogP contribution in [0.15, 0.2) is 11.4 Å². The molecule has 0 atom stereocenters. The van der Waals surface area contributed by atoms with Crippen molar-refractivity contribution in [2.24, 2.45) is 0 Å². The number of aryl methyl sites for hydroxylation is 1. The monoisotopic (exact) mass is 266 g/mol. The molecule has 3 rings (SSSR count). The first-order valence-corrected chi connectivity index (χ1v) is 8.20. The van der Waals surface area contributed by atoms with E-state index in [9.17, 15) is 0 Å². The molecule has 0 unspecified atom stereocenters. The summed E-state index contributed by atoms with van der Waals surface area (Å²) in [6, 6.07) is 2.35. The van der Waals surface area contributed by atoms with E-state index in [1.54, 1.807) is 4.88 Å². The highest BCUT2D eigenvalue weighted by Crippen LogP contribution is 2.29. The van der Waals surface area contributed by atoms with Gasteiger partial charge in [-0.1, -0.05) is 6.42 Å². The van der Waals surface area contributed by atoms with Crippen LogP contribution in [0.5, 0.6) is 0 Å². The van der Waals surface area contributed by atoms with E-state index in [0.29, 0.717) is 0 Å². The maximum absolute atomic E-state index is 3.40. The van der Waals surface area contributed by atoms with Gasteiger partial charge in [-0.3, -0.25) is 0 Å². The predicted octanol–water partition coefficient (Wildman–Crippen LogP) is 3.28. The van der Waals surface area contributed by atoms with Gasteiger partial charge in [-0.15, -0.1) is 11.3 Å². The lowest BCUT2D eigenvalue weighted by Gasteiger charge is -2.21. The van der Waals surface area contributed by atoms with Gasteiger partial charge in [0.25, 0.3) is 0 Å². The molecule has 2 fully saturated rings. The van der Waals surface area contributed by atoms with Crippen molar-refractivity contribution >= 4 is 11.3 Å². The molecule has 102 valence electrons. The lowest BCUT2D eigenvalue weighted by Crippen LogP contribution is -2.26. The van der Waals surface area contributed by atoms with Crippen LogP contribution in [-0.4, -0.2) is 26.2 Å². The molecule has 1 aromatic rings. The van der Waals surface area contributed by atoms with Gasteiger partial charge in [0.1, 0.15) is 0 Å². The van der Waals surface area contributed by atoms with Crippen molar-refractivity contribution in [3.8, 4) is 0 Å².